The van der Waals surface area contributed by atoms with Gasteiger partial charge in [0.1, 0.15) is 0 Å². The summed E-state index contributed by atoms with van der Waals surface area (Å²) < 4.78 is 0. The number of nitrogens with two attached hydrogens (primary N) is 1. The number of nitrogens with one attached hydrogen (secondary N) is 1. The molecule has 0 saturated carbocycles. The van der Waals surface area contributed by atoms with Gasteiger partial charge in [-0.3, -0.25) is 4.79 Å². The zero-order chi connectivity index (χ0) is 20.9. The second kappa shape index (κ2) is 20.1. The average Bonchev–Trinajstić information content (AvgIpc) is 2.67. The monoisotopic (exact) mass is 392 g/mol. The van der Waals surface area contributed by atoms with Crippen molar-refractivity contribution >= 4 is 5.91 Å². The zero-order valence-corrected chi connectivity index (χ0v) is 17.4. The van der Waals surface area contributed by atoms with Gasteiger partial charge in [-0.2, -0.15) is 0 Å². The standard InChI is InChI=1S/C23H40N2O3/c1-2-3-4-5-6-9-14-21(26)15-10-7-8-11-16-22(27)17-12-18-23(28)25-20-13-19-24/h6-11,15-16,21-22,26-27H,2-5,12-14,17-20,24H2,1H3,(H,25,28)/b8-7?,9-6-,15-10+,16-11?/t21-,22-/m1/s1. The van der Waals surface area contributed by atoms with E-state index in [-0.39, 0.29) is 5.91 Å². The van der Waals surface area contributed by atoms with Crippen LogP contribution in [-0.4, -0.2) is 41.4 Å². The molecule has 0 fully saturated rings. The molecule has 5 heteroatoms. The predicted octanol–water partition coefficient (Wildman–Crippen LogP) is 3.54. The van der Waals surface area contributed by atoms with Crippen LogP contribution in [0.1, 0.15) is 64.7 Å². The van der Waals surface area contributed by atoms with Crippen LogP contribution in [0.4, 0.5) is 0 Å². The Hall–Kier alpha value is -1.69. The number of allylic oxidation sites excluding steroid dienone is 5. The molecule has 0 aromatic rings. The van der Waals surface area contributed by atoms with E-state index in [9.17, 15) is 15.0 Å². The molecule has 0 saturated heterocycles. The molecule has 0 radical (unpaired) electrons. The molecule has 160 valence electrons. The maximum atomic E-state index is 11.5. The fraction of sp³-hybridized carbons (Fsp3) is 0.609. The highest BCUT2D eigenvalue weighted by atomic mass is 16.3. The Balaban J connectivity index is 3.81. The van der Waals surface area contributed by atoms with Gasteiger partial charge in [0.25, 0.3) is 0 Å². The van der Waals surface area contributed by atoms with Crippen molar-refractivity contribution in [3.05, 3.63) is 48.6 Å². The third-order valence-corrected chi connectivity index (χ3v) is 4.13. The number of carbonyl (C=O) groups is 1. The molecule has 0 aliphatic heterocycles. The van der Waals surface area contributed by atoms with Gasteiger partial charge in [-0.05, 0) is 45.1 Å². The van der Waals surface area contributed by atoms with Crippen LogP contribution in [0.2, 0.25) is 0 Å². The lowest BCUT2D eigenvalue weighted by atomic mass is 10.1. The number of hydrogen-bond donors (Lipinski definition) is 4. The topological polar surface area (TPSA) is 95.6 Å². The lowest BCUT2D eigenvalue weighted by molar-refractivity contribution is -0.121. The Morgan fingerprint density at radius 1 is 0.964 bits per heavy atom. The van der Waals surface area contributed by atoms with Gasteiger partial charge < -0.3 is 21.3 Å². The summed E-state index contributed by atoms with van der Waals surface area (Å²) >= 11 is 0. The van der Waals surface area contributed by atoms with Gasteiger partial charge in [-0.25, -0.2) is 0 Å². The van der Waals surface area contributed by atoms with Crippen LogP contribution in [0.15, 0.2) is 48.6 Å². The van der Waals surface area contributed by atoms with Crippen LogP contribution in [-0.2, 0) is 4.79 Å². The van der Waals surface area contributed by atoms with Crippen molar-refractivity contribution in [3.63, 3.8) is 0 Å². The van der Waals surface area contributed by atoms with Gasteiger partial charge in [-0.15, -0.1) is 0 Å². The van der Waals surface area contributed by atoms with Crippen LogP contribution in [0.3, 0.4) is 0 Å². The molecule has 0 aliphatic carbocycles. The van der Waals surface area contributed by atoms with Gasteiger partial charge in [0.2, 0.25) is 5.91 Å². The minimum absolute atomic E-state index is 0.00373. The molecule has 0 unspecified atom stereocenters. The summed E-state index contributed by atoms with van der Waals surface area (Å²) in [5, 5.41) is 22.5. The van der Waals surface area contributed by atoms with Crippen LogP contribution in [0, 0.1) is 0 Å². The quantitative estimate of drug-likeness (QED) is 0.173. The minimum atomic E-state index is -0.561. The van der Waals surface area contributed by atoms with E-state index in [1.54, 1.807) is 24.3 Å². The number of aliphatic hydroxyl groups excluding tert-OH is 2. The van der Waals surface area contributed by atoms with Crippen LogP contribution >= 0.6 is 0 Å². The third-order valence-electron chi connectivity index (χ3n) is 4.13. The van der Waals surface area contributed by atoms with Crippen LogP contribution in [0.25, 0.3) is 0 Å². The fourth-order valence-electron chi connectivity index (χ4n) is 2.44. The second-order valence-electron chi connectivity index (χ2n) is 6.88. The van der Waals surface area contributed by atoms with Crippen LogP contribution < -0.4 is 11.1 Å². The third kappa shape index (κ3) is 19.1. The molecule has 0 heterocycles. The van der Waals surface area contributed by atoms with Crippen molar-refractivity contribution in [2.24, 2.45) is 5.73 Å². The highest BCUT2D eigenvalue weighted by molar-refractivity contribution is 5.75. The summed E-state index contributed by atoms with van der Waals surface area (Å²) in [6, 6.07) is 0. The summed E-state index contributed by atoms with van der Waals surface area (Å²) in [6.07, 6.45) is 21.6. The van der Waals surface area contributed by atoms with Gasteiger partial charge >= 0.3 is 0 Å². The molecule has 28 heavy (non-hydrogen) atoms. The molecule has 0 aromatic heterocycles. The number of carbonyl (C=O) groups excluding carboxylic acids is 1. The summed E-state index contributed by atoms with van der Waals surface area (Å²) in [5.41, 5.74) is 5.37. The molecule has 5 nitrogen and oxygen atoms in total. The summed E-state index contributed by atoms with van der Waals surface area (Å²) in [4.78, 5) is 11.5. The highest BCUT2D eigenvalue weighted by Crippen LogP contribution is 2.03. The number of hydrogen-bond acceptors (Lipinski definition) is 4. The Labute approximate surface area is 171 Å². The van der Waals surface area contributed by atoms with E-state index < -0.39 is 12.2 Å². The maximum Gasteiger partial charge on any atom is 0.219 e. The Morgan fingerprint density at radius 2 is 1.68 bits per heavy atom. The number of amides is 1. The lowest BCUT2D eigenvalue weighted by Gasteiger charge is -2.06. The van der Waals surface area contributed by atoms with E-state index in [2.05, 4.69) is 18.3 Å². The smallest absolute Gasteiger partial charge is 0.219 e. The fourth-order valence-corrected chi connectivity index (χ4v) is 2.44. The first-order valence-corrected chi connectivity index (χ1v) is 10.6. The number of unbranched alkanes of at least 4 members (excludes halogenated alkanes) is 3. The first kappa shape index (κ1) is 26.3. The summed E-state index contributed by atoms with van der Waals surface area (Å²) in [6.45, 7) is 3.37. The largest absolute Gasteiger partial charge is 0.389 e. The molecule has 5 N–H and O–H groups in total. The maximum absolute atomic E-state index is 11.5. The Kier molecular flexibility index (Phi) is 18.8. The predicted molar refractivity (Wildman–Crippen MR) is 118 cm³/mol. The van der Waals surface area contributed by atoms with Crippen molar-refractivity contribution in [2.75, 3.05) is 13.1 Å². The normalized spacial score (nSPS) is 14.6. The molecule has 0 aliphatic rings. The van der Waals surface area contributed by atoms with Crippen molar-refractivity contribution in [1.82, 2.24) is 5.32 Å². The zero-order valence-electron chi connectivity index (χ0n) is 17.4. The molecule has 1 amide bonds. The average molecular weight is 393 g/mol. The number of rotatable bonds is 17. The summed E-state index contributed by atoms with van der Waals surface area (Å²) in [7, 11) is 0. The molecule has 0 rings (SSSR count). The molecule has 2 atom stereocenters. The lowest BCUT2D eigenvalue weighted by Crippen LogP contribution is -2.25. The SMILES string of the molecule is CCCCC/C=C\C[C@@H](O)/C=C/C=CC=C[C@@H](O)CCCC(=O)NCCCN. The second-order valence-corrected chi connectivity index (χ2v) is 6.88. The molecule has 0 aromatic carbocycles. The first-order chi connectivity index (χ1) is 13.6. The van der Waals surface area contributed by atoms with E-state index in [0.717, 1.165) is 12.8 Å². The number of aliphatic hydroxyl groups is 2. The van der Waals surface area contributed by atoms with Gasteiger partial charge in [0.05, 0.1) is 12.2 Å². The van der Waals surface area contributed by atoms with E-state index in [4.69, 9.17) is 5.73 Å². The van der Waals surface area contributed by atoms with Gasteiger partial charge in [0.15, 0.2) is 0 Å². The minimum Gasteiger partial charge on any atom is -0.389 e. The molecular formula is C23H40N2O3. The molecule has 0 spiro atoms. The van der Waals surface area contributed by atoms with E-state index in [0.29, 0.717) is 38.8 Å². The van der Waals surface area contributed by atoms with Crippen molar-refractivity contribution in [1.29, 1.82) is 0 Å². The van der Waals surface area contributed by atoms with E-state index in [1.807, 2.05) is 18.2 Å². The van der Waals surface area contributed by atoms with E-state index >= 15 is 0 Å². The van der Waals surface area contributed by atoms with Crippen molar-refractivity contribution < 1.29 is 15.0 Å². The van der Waals surface area contributed by atoms with E-state index in [1.165, 1.54) is 19.3 Å². The van der Waals surface area contributed by atoms with Gasteiger partial charge in [-0.1, -0.05) is 68.4 Å². The summed E-state index contributed by atoms with van der Waals surface area (Å²) in [5.74, 6) is 0.00373. The Bertz CT molecular complexity index is 484. The highest BCUT2D eigenvalue weighted by Gasteiger charge is 2.03. The van der Waals surface area contributed by atoms with Crippen molar-refractivity contribution in [2.45, 2.75) is 76.9 Å². The Morgan fingerprint density at radius 3 is 2.36 bits per heavy atom. The van der Waals surface area contributed by atoms with Gasteiger partial charge in [0, 0.05) is 13.0 Å². The molecular weight excluding hydrogens is 352 g/mol. The first-order valence-electron chi connectivity index (χ1n) is 10.6. The van der Waals surface area contributed by atoms with Crippen molar-refractivity contribution in [3.8, 4) is 0 Å². The van der Waals surface area contributed by atoms with Crippen LogP contribution in [0.5, 0.6) is 0 Å². The molecule has 0 bridgehead atoms.